The van der Waals surface area contributed by atoms with Gasteiger partial charge in [0.1, 0.15) is 0 Å². The molecule has 0 bridgehead atoms. The summed E-state index contributed by atoms with van der Waals surface area (Å²) >= 11 is 1.84. The zero-order valence-corrected chi connectivity index (χ0v) is 12.2. The molecule has 2 aromatic heterocycles. The SMILES string of the molecule is CCNC(C)c1nnc(C2CCCc3sccc32)o1. The van der Waals surface area contributed by atoms with E-state index in [-0.39, 0.29) is 6.04 Å². The van der Waals surface area contributed by atoms with Crippen molar-refractivity contribution in [2.75, 3.05) is 6.54 Å². The fourth-order valence-corrected chi connectivity index (χ4v) is 3.69. The average molecular weight is 277 g/mol. The van der Waals surface area contributed by atoms with Crippen LogP contribution >= 0.6 is 11.3 Å². The van der Waals surface area contributed by atoms with Crippen LogP contribution in [0.5, 0.6) is 0 Å². The van der Waals surface area contributed by atoms with Crippen molar-refractivity contribution in [1.82, 2.24) is 15.5 Å². The first-order valence-corrected chi connectivity index (χ1v) is 7.80. The molecular weight excluding hydrogens is 258 g/mol. The van der Waals surface area contributed by atoms with E-state index < -0.39 is 0 Å². The van der Waals surface area contributed by atoms with Gasteiger partial charge in [0.15, 0.2) is 0 Å². The molecule has 102 valence electrons. The second-order valence-electron chi connectivity index (χ2n) is 5.00. The average Bonchev–Trinajstić information content (AvgIpc) is 3.07. The molecule has 1 aliphatic carbocycles. The predicted molar refractivity (Wildman–Crippen MR) is 75.5 cm³/mol. The van der Waals surface area contributed by atoms with E-state index in [0.717, 1.165) is 18.9 Å². The van der Waals surface area contributed by atoms with Crippen LogP contribution in [0.1, 0.15) is 60.9 Å². The zero-order valence-electron chi connectivity index (χ0n) is 11.3. The highest BCUT2D eigenvalue weighted by atomic mass is 32.1. The van der Waals surface area contributed by atoms with Crippen molar-refractivity contribution in [3.05, 3.63) is 33.7 Å². The van der Waals surface area contributed by atoms with E-state index in [4.69, 9.17) is 4.42 Å². The standard InChI is InChI=1S/C14H19N3OS/c1-3-15-9(2)13-16-17-14(18-13)11-5-4-6-12-10(11)7-8-19-12/h7-9,11,15H,3-6H2,1-2H3. The maximum absolute atomic E-state index is 5.88. The summed E-state index contributed by atoms with van der Waals surface area (Å²) in [7, 11) is 0. The maximum atomic E-state index is 5.88. The molecule has 1 aliphatic rings. The van der Waals surface area contributed by atoms with E-state index in [1.54, 1.807) is 0 Å². The molecule has 0 aromatic carbocycles. The van der Waals surface area contributed by atoms with Crippen LogP contribution < -0.4 is 5.32 Å². The Labute approximate surface area is 117 Å². The van der Waals surface area contributed by atoms with Crippen LogP contribution in [0.2, 0.25) is 0 Å². The summed E-state index contributed by atoms with van der Waals surface area (Å²) in [6, 6.07) is 2.33. The molecule has 2 atom stereocenters. The molecule has 0 fully saturated rings. The third-order valence-electron chi connectivity index (χ3n) is 3.69. The van der Waals surface area contributed by atoms with E-state index >= 15 is 0 Å². The molecule has 4 nitrogen and oxygen atoms in total. The van der Waals surface area contributed by atoms with E-state index in [0.29, 0.717) is 11.8 Å². The van der Waals surface area contributed by atoms with Gasteiger partial charge in [-0.2, -0.15) is 0 Å². The van der Waals surface area contributed by atoms with Crippen LogP contribution in [-0.2, 0) is 6.42 Å². The number of hydrogen-bond acceptors (Lipinski definition) is 5. The summed E-state index contributed by atoms with van der Waals surface area (Å²) in [6.45, 7) is 5.03. The Kier molecular flexibility index (Phi) is 3.66. The van der Waals surface area contributed by atoms with Crippen LogP contribution in [0.15, 0.2) is 15.9 Å². The minimum Gasteiger partial charge on any atom is -0.423 e. The van der Waals surface area contributed by atoms with Crippen LogP contribution in [-0.4, -0.2) is 16.7 Å². The van der Waals surface area contributed by atoms with Crippen molar-refractivity contribution in [2.45, 2.75) is 45.1 Å². The zero-order chi connectivity index (χ0) is 13.2. The first-order chi connectivity index (χ1) is 9.29. The molecule has 0 radical (unpaired) electrons. The smallest absolute Gasteiger partial charge is 0.233 e. The van der Waals surface area contributed by atoms with Gasteiger partial charge in [-0.15, -0.1) is 21.5 Å². The molecule has 2 heterocycles. The number of nitrogens with one attached hydrogen (secondary N) is 1. The quantitative estimate of drug-likeness (QED) is 0.932. The lowest BCUT2D eigenvalue weighted by Gasteiger charge is -2.19. The van der Waals surface area contributed by atoms with E-state index in [9.17, 15) is 0 Å². The largest absolute Gasteiger partial charge is 0.423 e. The highest BCUT2D eigenvalue weighted by molar-refractivity contribution is 7.10. The Morgan fingerprint density at radius 2 is 2.42 bits per heavy atom. The van der Waals surface area contributed by atoms with Crippen molar-refractivity contribution in [2.24, 2.45) is 0 Å². The number of hydrogen-bond donors (Lipinski definition) is 1. The molecule has 3 rings (SSSR count). The van der Waals surface area contributed by atoms with Gasteiger partial charge in [-0.25, -0.2) is 0 Å². The summed E-state index contributed by atoms with van der Waals surface area (Å²) in [5, 5.41) is 13.9. The number of aromatic nitrogens is 2. The van der Waals surface area contributed by atoms with Gasteiger partial charge in [0.2, 0.25) is 11.8 Å². The minimum atomic E-state index is 0.122. The number of aryl methyl sites for hydroxylation is 1. The van der Waals surface area contributed by atoms with Gasteiger partial charge in [0.05, 0.1) is 12.0 Å². The second-order valence-corrected chi connectivity index (χ2v) is 6.00. The van der Waals surface area contributed by atoms with Crippen molar-refractivity contribution < 1.29 is 4.42 Å². The lowest BCUT2D eigenvalue weighted by Crippen LogP contribution is -2.17. The molecule has 0 saturated carbocycles. The molecule has 2 aromatic rings. The number of fused-ring (bicyclic) bond motifs is 1. The van der Waals surface area contributed by atoms with Gasteiger partial charge in [0, 0.05) is 4.88 Å². The Morgan fingerprint density at radius 3 is 3.26 bits per heavy atom. The normalized spacial score (nSPS) is 20.2. The molecule has 0 spiro atoms. The van der Waals surface area contributed by atoms with Crippen LogP contribution in [0, 0.1) is 0 Å². The van der Waals surface area contributed by atoms with E-state index in [1.807, 2.05) is 11.3 Å². The van der Waals surface area contributed by atoms with Crippen LogP contribution in [0.25, 0.3) is 0 Å². The third-order valence-corrected chi connectivity index (χ3v) is 4.68. The summed E-state index contributed by atoms with van der Waals surface area (Å²) in [6.07, 6.45) is 3.51. The van der Waals surface area contributed by atoms with Crippen molar-refractivity contribution in [1.29, 1.82) is 0 Å². The Hall–Kier alpha value is -1.20. The number of nitrogens with zero attached hydrogens (tertiary/aromatic N) is 2. The lowest BCUT2D eigenvalue weighted by atomic mass is 9.88. The van der Waals surface area contributed by atoms with Gasteiger partial charge in [0.25, 0.3) is 0 Å². The van der Waals surface area contributed by atoms with Gasteiger partial charge in [-0.1, -0.05) is 6.92 Å². The number of rotatable bonds is 4. The van der Waals surface area contributed by atoms with E-state index in [1.165, 1.54) is 23.3 Å². The van der Waals surface area contributed by atoms with Crippen LogP contribution in [0.3, 0.4) is 0 Å². The van der Waals surface area contributed by atoms with Crippen molar-refractivity contribution in [3.63, 3.8) is 0 Å². The van der Waals surface area contributed by atoms with Gasteiger partial charge < -0.3 is 9.73 Å². The minimum absolute atomic E-state index is 0.122. The Balaban J connectivity index is 1.84. The highest BCUT2D eigenvalue weighted by Crippen LogP contribution is 2.38. The van der Waals surface area contributed by atoms with Gasteiger partial charge in [-0.3, -0.25) is 0 Å². The van der Waals surface area contributed by atoms with Crippen LogP contribution in [0.4, 0.5) is 0 Å². The van der Waals surface area contributed by atoms with Gasteiger partial charge >= 0.3 is 0 Å². The summed E-state index contributed by atoms with van der Waals surface area (Å²) in [5.74, 6) is 1.77. The molecular formula is C14H19N3OS. The third kappa shape index (κ3) is 2.44. The molecule has 0 aliphatic heterocycles. The van der Waals surface area contributed by atoms with E-state index in [2.05, 4.69) is 40.8 Å². The molecule has 5 heteroatoms. The Bertz CT molecular complexity index is 548. The molecule has 2 unspecified atom stereocenters. The first-order valence-electron chi connectivity index (χ1n) is 6.92. The summed E-state index contributed by atoms with van der Waals surface area (Å²) in [4.78, 5) is 1.48. The molecule has 0 amide bonds. The maximum Gasteiger partial charge on any atom is 0.233 e. The fraction of sp³-hybridized carbons (Fsp3) is 0.571. The molecule has 19 heavy (non-hydrogen) atoms. The Morgan fingerprint density at radius 1 is 1.53 bits per heavy atom. The fourth-order valence-electron chi connectivity index (χ4n) is 2.70. The van der Waals surface area contributed by atoms with Gasteiger partial charge in [-0.05, 0) is 49.7 Å². The topological polar surface area (TPSA) is 51.0 Å². The predicted octanol–water partition coefficient (Wildman–Crippen LogP) is 3.27. The number of thiophene rings is 1. The highest BCUT2D eigenvalue weighted by Gasteiger charge is 2.27. The van der Waals surface area contributed by atoms with Crippen molar-refractivity contribution in [3.8, 4) is 0 Å². The lowest BCUT2D eigenvalue weighted by molar-refractivity contribution is 0.377. The molecule has 1 N–H and O–H groups in total. The summed E-state index contributed by atoms with van der Waals surface area (Å²) in [5.41, 5.74) is 1.39. The monoisotopic (exact) mass is 277 g/mol. The summed E-state index contributed by atoms with van der Waals surface area (Å²) < 4.78 is 5.88. The second kappa shape index (κ2) is 5.43. The first kappa shape index (κ1) is 12.8. The van der Waals surface area contributed by atoms with Crippen molar-refractivity contribution >= 4 is 11.3 Å². The molecule has 0 saturated heterocycles.